The van der Waals surface area contributed by atoms with Crippen LogP contribution in [0.25, 0.3) is 22.2 Å². The average Bonchev–Trinajstić information content (AvgIpc) is 2.93. The zero-order valence-electron chi connectivity index (χ0n) is 13.9. The minimum absolute atomic E-state index is 0.106. The van der Waals surface area contributed by atoms with Gasteiger partial charge in [-0.25, -0.2) is 0 Å². The van der Waals surface area contributed by atoms with Crippen molar-refractivity contribution in [3.8, 4) is 22.8 Å². The van der Waals surface area contributed by atoms with E-state index in [1.54, 1.807) is 19.2 Å². The molecule has 0 aliphatic heterocycles. The zero-order valence-corrected chi connectivity index (χ0v) is 14.7. The third-order valence-corrected chi connectivity index (χ3v) is 4.18. The number of aromatic nitrogens is 1. The number of halogens is 1. The molecule has 0 amide bonds. The second-order valence-corrected chi connectivity index (χ2v) is 5.97. The number of methoxy groups -OCH3 is 1. The van der Waals surface area contributed by atoms with Gasteiger partial charge in [0, 0.05) is 21.5 Å². The van der Waals surface area contributed by atoms with Crippen LogP contribution in [-0.2, 0) is 11.2 Å². The predicted molar refractivity (Wildman–Crippen MR) is 97.8 cm³/mol. The van der Waals surface area contributed by atoms with Crippen LogP contribution in [0.1, 0.15) is 12.5 Å². The Morgan fingerprint density at radius 1 is 1.20 bits per heavy atom. The number of carboxylic acids is 1. The molecular formula is C19H18ClNO4. The van der Waals surface area contributed by atoms with Crippen LogP contribution in [0, 0.1) is 0 Å². The van der Waals surface area contributed by atoms with Crippen molar-refractivity contribution < 1.29 is 19.4 Å². The number of nitrogens with one attached hydrogen (secondary N) is 1. The monoisotopic (exact) mass is 359 g/mol. The number of carboxylic acid groups (broad SMARTS) is 1. The third kappa shape index (κ3) is 3.42. The Morgan fingerprint density at radius 3 is 2.68 bits per heavy atom. The Labute approximate surface area is 150 Å². The lowest BCUT2D eigenvalue weighted by atomic mass is 10.0. The van der Waals surface area contributed by atoms with Gasteiger partial charge in [0.25, 0.3) is 0 Å². The lowest BCUT2D eigenvalue weighted by molar-refractivity contribution is -0.136. The van der Waals surface area contributed by atoms with Crippen molar-refractivity contribution in [1.82, 2.24) is 4.98 Å². The molecule has 0 saturated carbocycles. The number of ether oxygens (including phenoxy) is 2. The molecule has 0 atom stereocenters. The van der Waals surface area contributed by atoms with E-state index in [0.717, 1.165) is 22.2 Å². The van der Waals surface area contributed by atoms with Gasteiger partial charge in [0.15, 0.2) is 11.5 Å². The van der Waals surface area contributed by atoms with Crippen molar-refractivity contribution >= 4 is 28.5 Å². The van der Waals surface area contributed by atoms with Crippen LogP contribution >= 0.6 is 11.6 Å². The average molecular weight is 360 g/mol. The van der Waals surface area contributed by atoms with Crippen molar-refractivity contribution in [2.24, 2.45) is 0 Å². The second kappa shape index (κ2) is 7.07. The summed E-state index contributed by atoms with van der Waals surface area (Å²) in [6.45, 7) is 2.44. The lowest BCUT2D eigenvalue weighted by Crippen LogP contribution is -2.01. The van der Waals surface area contributed by atoms with Crippen LogP contribution in [-0.4, -0.2) is 29.8 Å². The van der Waals surface area contributed by atoms with Gasteiger partial charge in [-0.05, 0) is 48.9 Å². The van der Waals surface area contributed by atoms with Crippen LogP contribution in [0.4, 0.5) is 0 Å². The number of aromatic amines is 1. The van der Waals surface area contributed by atoms with E-state index in [1.807, 2.05) is 31.2 Å². The number of aliphatic carboxylic acids is 1. The molecule has 2 aromatic carbocycles. The van der Waals surface area contributed by atoms with Crippen LogP contribution in [0.15, 0.2) is 36.4 Å². The van der Waals surface area contributed by atoms with E-state index >= 15 is 0 Å². The van der Waals surface area contributed by atoms with E-state index in [4.69, 9.17) is 21.1 Å². The molecule has 0 radical (unpaired) electrons. The SMILES string of the molecule is CCOc1ccc(-c2[nH]c3ccc(Cl)cc3c2CC(=O)O)cc1OC. The first-order valence-corrected chi connectivity index (χ1v) is 8.24. The molecule has 130 valence electrons. The van der Waals surface area contributed by atoms with Crippen molar-refractivity contribution in [1.29, 1.82) is 0 Å². The smallest absolute Gasteiger partial charge is 0.307 e. The molecular weight excluding hydrogens is 342 g/mol. The third-order valence-electron chi connectivity index (χ3n) is 3.95. The highest BCUT2D eigenvalue weighted by Crippen LogP contribution is 2.37. The first-order chi connectivity index (χ1) is 12.0. The minimum atomic E-state index is -0.903. The van der Waals surface area contributed by atoms with E-state index in [-0.39, 0.29) is 6.42 Å². The summed E-state index contributed by atoms with van der Waals surface area (Å²) in [6, 6.07) is 10.9. The van der Waals surface area contributed by atoms with E-state index < -0.39 is 5.97 Å². The largest absolute Gasteiger partial charge is 0.493 e. The molecule has 0 spiro atoms. The number of hydrogen-bond acceptors (Lipinski definition) is 3. The maximum absolute atomic E-state index is 11.3. The van der Waals surface area contributed by atoms with Gasteiger partial charge in [0.2, 0.25) is 0 Å². The summed E-state index contributed by atoms with van der Waals surface area (Å²) in [5.41, 5.74) is 3.09. The highest BCUT2D eigenvalue weighted by Gasteiger charge is 2.17. The topological polar surface area (TPSA) is 71.6 Å². The number of benzene rings is 2. The summed E-state index contributed by atoms with van der Waals surface area (Å²) in [4.78, 5) is 14.6. The molecule has 0 fully saturated rings. The Kier molecular flexibility index (Phi) is 4.86. The predicted octanol–water partition coefficient (Wildman–Crippen LogP) is 4.52. The van der Waals surface area contributed by atoms with Gasteiger partial charge in [-0.1, -0.05) is 11.6 Å². The minimum Gasteiger partial charge on any atom is -0.493 e. The fraction of sp³-hybridized carbons (Fsp3) is 0.211. The first-order valence-electron chi connectivity index (χ1n) is 7.86. The quantitative estimate of drug-likeness (QED) is 0.678. The first kappa shape index (κ1) is 17.2. The molecule has 0 bridgehead atoms. The summed E-state index contributed by atoms with van der Waals surface area (Å²) in [5, 5.41) is 10.7. The normalized spacial score (nSPS) is 10.8. The van der Waals surface area contributed by atoms with Gasteiger partial charge in [-0.15, -0.1) is 0 Å². The number of H-pyrrole nitrogens is 1. The number of hydrogen-bond donors (Lipinski definition) is 2. The molecule has 0 aliphatic carbocycles. The van der Waals surface area contributed by atoms with Crippen LogP contribution in [0.3, 0.4) is 0 Å². The van der Waals surface area contributed by atoms with Gasteiger partial charge in [-0.3, -0.25) is 4.79 Å². The van der Waals surface area contributed by atoms with E-state index in [0.29, 0.717) is 28.7 Å². The highest BCUT2D eigenvalue weighted by atomic mass is 35.5. The zero-order chi connectivity index (χ0) is 18.0. The van der Waals surface area contributed by atoms with Crippen LogP contribution in [0.5, 0.6) is 11.5 Å². The summed E-state index contributed by atoms with van der Waals surface area (Å²) >= 11 is 6.09. The standard InChI is InChI=1S/C19H18ClNO4/c1-3-25-16-7-4-11(8-17(16)24-2)19-14(10-18(22)23)13-9-12(20)5-6-15(13)21-19/h4-9,21H,3,10H2,1-2H3,(H,22,23). The molecule has 25 heavy (non-hydrogen) atoms. The number of fused-ring (bicyclic) bond motifs is 1. The van der Waals surface area contributed by atoms with Crippen LogP contribution in [0.2, 0.25) is 5.02 Å². The van der Waals surface area contributed by atoms with Crippen molar-refractivity contribution in [3.05, 3.63) is 47.0 Å². The lowest BCUT2D eigenvalue weighted by Gasteiger charge is -2.11. The van der Waals surface area contributed by atoms with E-state index in [9.17, 15) is 9.90 Å². The Bertz CT molecular complexity index is 933. The summed E-state index contributed by atoms with van der Waals surface area (Å²) in [6.07, 6.45) is -0.106. The Morgan fingerprint density at radius 2 is 2.00 bits per heavy atom. The van der Waals surface area contributed by atoms with Gasteiger partial charge >= 0.3 is 5.97 Å². The van der Waals surface area contributed by atoms with Crippen molar-refractivity contribution in [3.63, 3.8) is 0 Å². The van der Waals surface area contributed by atoms with E-state index in [2.05, 4.69) is 4.98 Å². The van der Waals surface area contributed by atoms with Gasteiger partial charge in [-0.2, -0.15) is 0 Å². The summed E-state index contributed by atoms with van der Waals surface area (Å²) < 4.78 is 10.9. The number of rotatable bonds is 6. The molecule has 3 aromatic rings. The molecule has 1 heterocycles. The van der Waals surface area contributed by atoms with Crippen LogP contribution < -0.4 is 9.47 Å². The molecule has 0 saturated heterocycles. The van der Waals surface area contributed by atoms with Crippen molar-refractivity contribution in [2.75, 3.05) is 13.7 Å². The van der Waals surface area contributed by atoms with Gasteiger partial charge in [0.1, 0.15) is 0 Å². The fourth-order valence-electron chi connectivity index (χ4n) is 2.90. The molecule has 0 unspecified atom stereocenters. The maximum Gasteiger partial charge on any atom is 0.307 e. The van der Waals surface area contributed by atoms with Gasteiger partial charge < -0.3 is 19.6 Å². The number of carbonyl (C=O) groups is 1. The second-order valence-electron chi connectivity index (χ2n) is 5.54. The Hall–Kier alpha value is -2.66. The molecule has 2 N–H and O–H groups in total. The molecule has 1 aromatic heterocycles. The van der Waals surface area contributed by atoms with Crippen molar-refractivity contribution in [2.45, 2.75) is 13.3 Å². The van der Waals surface area contributed by atoms with Gasteiger partial charge in [0.05, 0.1) is 25.8 Å². The maximum atomic E-state index is 11.3. The molecule has 0 aliphatic rings. The Balaban J connectivity index is 2.19. The highest BCUT2D eigenvalue weighted by molar-refractivity contribution is 6.31. The van der Waals surface area contributed by atoms with E-state index in [1.165, 1.54) is 0 Å². The summed E-state index contributed by atoms with van der Waals surface area (Å²) in [7, 11) is 1.57. The molecule has 5 nitrogen and oxygen atoms in total. The fourth-order valence-corrected chi connectivity index (χ4v) is 3.07. The molecule has 3 rings (SSSR count). The molecule has 6 heteroatoms. The summed E-state index contributed by atoms with van der Waals surface area (Å²) in [5.74, 6) is 0.338.